The molecule has 2 unspecified atom stereocenters. The van der Waals surface area contributed by atoms with Gasteiger partial charge in [-0.15, -0.1) is 0 Å². The number of nitrogens with one attached hydrogen (secondary N) is 2. The zero-order chi connectivity index (χ0) is 16.8. The van der Waals surface area contributed by atoms with Gasteiger partial charge in [-0.25, -0.2) is 0 Å². The minimum atomic E-state index is -0.226. The highest BCUT2D eigenvalue weighted by Crippen LogP contribution is 2.17. The van der Waals surface area contributed by atoms with E-state index in [2.05, 4.69) is 10.6 Å². The van der Waals surface area contributed by atoms with Crippen molar-refractivity contribution >= 4 is 11.8 Å². The molecule has 1 aromatic carbocycles. The summed E-state index contributed by atoms with van der Waals surface area (Å²) in [7, 11) is 0. The molecule has 2 N–H and O–H groups in total. The van der Waals surface area contributed by atoms with Gasteiger partial charge in [-0.2, -0.15) is 0 Å². The Kier molecular flexibility index (Phi) is 5.82. The number of morpholine rings is 1. The normalized spacial score (nSPS) is 24.4. The topological polar surface area (TPSA) is 70.7 Å². The van der Waals surface area contributed by atoms with Crippen molar-refractivity contribution in [1.82, 2.24) is 15.5 Å². The third-order valence-electron chi connectivity index (χ3n) is 4.64. The predicted octanol–water partition coefficient (Wildman–Crippen LogP) is 0.643. The lowest BCUT2D eigenvalue weighted by Gasteiger charge is -2.36. The van der Waals surface area contributed by atoms with Crippen molar-refractivity contribution in [2.75, 3.05) is 39.4 Å². The molecular weight excluding hydrogens is 306 g/mol. The second kappa shape index (κ2) is 8.26. The van der Waals surface area contributed by atoms with E-state index in [9.17, 15) is 9.59 Å². The smallest absolute Gasteiger partial charge is 0.251 e. The number of likely N-dealkylation sites (tertiary alicyclic amines) is 1. The van der Waals surface area contributed by atoms with Crippen LogP contribution in [0.3, 0.4) is 0 Å². The molecule has 1 aromatic rings. The van der Waals surface area contributed by atoms with Crippen LogP contribution < -0.4 is 10.6 Å². The molecule has 24 heavy (non-hydrogen) atoms. The van der Waals surface area contributed by atoms with E-state index in [1.807, 2.05) is 23.1 Å². The Bertz CT molecular complexity index is 558. The Hall–Kier alpha value is -1.92. The number of nitrogens with zero attached hydrogens (tertiary/aromatic N) is 1. The lowest BCUT2D eigenvalue weighted by molar-refractivity contribution is -0.138. The van der Waals surface area contributed by atoms with Gasteiger partial charge in [0.15, 0.2) is 0 Å². The fraction of sp³-hybridized carbons (Fsp3) is 0.556. The maximum absolute atomic E-state index is 12.6. The number of benzene rings is 1. The van der Waals surface area contributed by atoms with Crippen molar-refractivity contribution in [1.29, 1.82) is 0 Å². The van der Waals surface area contributed by atoms with Crippen molar-refractivity contribution < 1.29 is 14.3 Å². The molecule has 2 saturated heterocycles. The summed E-state index contributed by atoms with van der Waals surface area (Å²) in [6.45, 7) is 3.93. The maximum Gasteiger partial charge on any atom is 0.251 e. The molecule has 6 heteroatoms. The lowest BCUT2D eigenvalue weighted by Crippen LogP contribution is -2.55. The Morgan fingerprint density at radius 1 is 1.29 bits per heavy atom. The van der Waals surface area contributed by atoms with Gasteiger partial charge in [0, 0.05) is 31.7 Å². The summed E-state index contributed by atoms with van der Waals surface area (Å²) in [5.74, 6) is 0.370. The summed E-state index contributed by atoms with van der Waals surface area (Å²) in [4.78, 5) is 26.6. The number of ether oxygens (including phenoxy) is 1. The van der Waals surface area contributed by atoms with Crippen LogP contribution in [0.4, 0.5) is 0 Å². The fourth-order valence-corrected chi connectivity index (χ4v) is 3.30. The first-order valence-corrected chi connectivity index (χ1v) is 8.67. The van der Waals surface area contributed by atoms with Gasteiger partial charge < -0.3 is 20.3 Å². The number of hydrogen-bond donors (Lipinski definition) is 2. The van der Waals surface area contributed by atoms with E-state index in [1.165, 1.54) is 0 Å². The first kappa shape index (κ1) is 16.9. The second-order valence-corrected chi connectivity index (χ2v) is 6.45. The molecule has 0 saturated carbocycles. The number of carbonyl (C=O) groups is 2. The van der Waals surface area contributed by atoms with E-state index in [1.54, 1.807) is 12.1 Å². The van der Waals surface area contributed by atoms with E-state index in [-0.39, 0.29) is 17.9 Å². The molecule has 2 fully saturated rings. The van der Waals surface area contributed by atoms with Crippen LogP contribution >= 0.6 is 0 Å². The lowest BCUT2D eigenvalue weighted by atomic mass is 9.97. The molecule has 0 bridgehead atoms. The number of piperidine rings is 1. The van der Waals surface area contributed by atoms with E-state index < -0.39 is 0 Å². The van der Waals surface area contributed by atoms with Gasteiger partial charge in [-0.05, 0) is 30.9 Å². The van der Waals surface area contributed by atoms with Crippen LogP contribution in [-0.4, -0.2) is 62.1 Å². The molecule has 6 nitrogen and oxygen atoms in total. The van der Waals surface area contributed by atoms with E-state index in [0.717, 1.165) is 25.9 Å². The molecule has 130 valence electrons. The Morgan fingerprint density at radius 2 is 2.12 bits per heavy atom. The Morgan fingerprint density at radius 3 is 2.88 bits per heavy atom. The van der Waals surface area contributed by atoms with Crippen LogP contribution in [0.1, 0.15) is 23.2 Å². The highest BCUT2D eigenvalue weighted by molar-refractivity contribution is 5.94. The van der Waals surface area contributed by atoms with Crippen LogP contribution in [0.2, 0.25) is 0 Å². The highest BCUT2D eigenvalue weighted by atomic mass is 16.5. The van der Waals surface area contributed by atoms with Gasteiger partial charge in [-0.1, -0.05) is 18.2 Å². The number of carbonyl (C=O) groups excluding carboxylic acids is 2. The third kappa shape index (κ3) is 4.33. The summed E-state index contributed by atoms with van der Waals surface area (Å²) in [6, 6.07) is 8.99. The molecule has 0 aromatic heterocycles. The van der Waals surface area contributed by atoms with E-state index >= 15 is 0 Å². The summed E-state index contributed by atoms with van der Waals surface area (Å²) in [6.07, 6.45) is 2.01. The number of amides is 2. The molecule has 2 heterocycles. The van der Waals surface area contributed by atoms with Gasteiger partial charge in [0.05, 0.1) is 13.2 Å². The zero-order valence-electron chi connectivity index (χ0n) is 13.9. The Labute approximate surface area is 142 Å². The van der Waals surface area contributed by atoms with Crippen LogP contribution in [0.15, 0.2) is 30.3 Å². The van der Waals surface area contributed by atoms with Gasteiger partial charge >= 0.3 is 0 Å². The van der Waals surface area contributed by atoms with Crippen molar-refractivity contribution in [3.8, 4) is 0 Å². The van der Waals surface area contributed by atoms with Gasteiger partial charge in [0.25, 0.3) is 5.91 Å². The number of hydrogen-bond acceptors (Lipinski definition) is 4. The quantitative estimate of drug-likeness (QED) is 0.850. The number of rotatable bonds is 4. The molecule has 2 amide bonds. The SMILES string of the molecule is O=C(NCC1CCCN(C(=O)C2COCCN2)C1)c1ccccc1. The van der Waals surface area contributed by atoms with Crippen molar-refractivity contribution in [2.45, 2.75) is 18.9 Å². The standard InChI is InChI=1S/C18H25N3O3/c22-17(15-6-2-1-3-7-15)20-11-14-5-4-9-21(12-14)18(23)16-13-24-10-8-19-16/h1-3,6-7,14,16,19H,4-5,8-13H2,(H,20,22). The largest absolute Gasteiger partial charge is 0.378 e. The van der Waals surface area contributed by atoms with Crippen LogP contribution in [-0.2, 0) is 9.53 Å². The fourth-order valence-electron chi connectivity index (χ4n) is 3.30. The van der Waals surface area contributed by atoms with Crippen molar-refractivity contribution in [2.24, 2.45) is 5.92 Å². The third-order valence-corrected chi connectivity index (χ3v) is 4.64. The molecule has 2 atom stereocenters. The van der Waals surface area contributed by atoms with Crippen LogP contribution in [0, 0.1) is 5.92 Å². The van der Waals surface area contributed by atoms with E-state index in [4.69, 9.17) is 4.74 Å². The average molecular weight is 331 g/mol. The zero-order valence-corrected chi connectivity index (χ0v) is 13.9. The van der Waals surface area contributed by atoms with Gasteiger partial charge in [-0.3, -0.25) is 9.59 Å². The molecule has 0 spiro atoms. The second-order valence-electron chi connectivity index (χ2n) is 6.45. The van der Waals surface area contributed by atoms with Crippen molar-refractivity contribution in [3.05, 3.63) is 35.9 Å². The molecule has 3 rings (SSSR count). The minimum absolute atomic E-state index is 0.0543. The van der Waals surface area contributed by atoms with Gasteiger partial charge in [0.1, 0.15) is 6.04 Å². The summed E-state index contributed by atoms with van der Waals surface area (Å²) >= 11 is 0. The first-order valence-electron chi connectivity index (χ1n) is 8.67. The molecule has 0 radical (unpaired) electrons. The van der Waals surface area contributed by atoms with E-state index in [0.29, 0.717) is 37.8 Å². The monoisotopic (exact) mass is 331 g/mol. The maximum atomic E-state index is 12.6. The first-order chi connectivity index (χ1) is 11.7. The highest BCUT2D eigenvalue weighted by Gasteiger charge is 2.30. The predicted molar refractivity (Wildman–Crippen MR) is 90.7 cm³/mol. The minimum Gasteiger partial charge on any atom is -0.378 e. The van der Waals surface area contributed by atoms with Gasteiger partial charge in [0.2, 0.25) is 5.91 Å². The molecule has 0 aliphatic carbocycles. The molecular formula is C18H25N3O3. The average Bonchev–Trinajstić information content (AvgIpc) is 2.67. The summed E-state index contributed by atoms with van der Waals surface area (Å²) in [5, 5.41) is 6.21. The summed E-state index contributed by atoms with van der Waals surface area (Å²) < 4.78 is 5.38. The van der Waals surface area contributed by atoms with Crippen LogP contribution in [0.5, 0.6) is 0 Å². The van der Waals surface area contributed by atoms with Crippen molar-refractivity contribution in [3.63, 3.8) is 0 Å². The Balaban J connectivity index is 1.48. The summed E-state index contributed by atoms with van der Waals surface area (Å²) in [5.41, 5.74) is 0.671. The van der Waals surface area contributed by atoms with Crippen LogP contribution in [0.25, 0.3) is 0 Å². The molecule has 2 aliphatic heterocycles. The molecule has 2 aliphatic rings.